The van der Waals surface area contributed by atoms with Crippen LogP contribution in [0.2, 0.25) is 5.02 Å². The average molecular weight is 575 g/mol. The zero-order chi connectivity index (χ0) is 29.2. The molecular formula is C30H40ClFN4O4. The number of anilines is 2. The minimum Gasteiger partial charge on any atom is -0.493 e. The fourth-order valence-corrected chi connectivity index (χ4v) is 4.77. The Kier molecular flexibility index (Phi) is 11.8. The molecule has 0 bridgehead atoms. The normalized spacial score (nSPS) is 18.2. The van der Waals surface area contributed by atoms with Gasteiger partial charge in [0.05, 0.1) is 35.5 Å². The van der Waals surface area contributed by atoms with Crippen molar-refractivity contribution in [1.29, 1.82) is 0 Å². The number of ether oxygens (including phenoxy) is 2. The predicted octanol–water partition coefficient (Wildman–Crippen LogP) is 6.66. The highest BCUT2D eigenvalue weighted by atomic mass is 35.5. The quantitative estimate of drug-likeness (QED) is 0.262. The molecule has 0 unspecified atom stereocenters. The number of halogens is 2. The average Bonchev–Trinajstić information content (AvgIpc) is 2.96. The Bertz CT molecular complexity index is 1270. The molecule has 1 aliphatic carbocycles. The lowest BCUT2D eigenvalue weighted by Crippen LogP contribution is -2.28. The number of nitrogens with one attached hydrogen (secondary N) is 2. The monoisotopic (exact) mass is 574 g/mol. The summed E-state index contributed by atoms with van der Waals surface area (Å²) in [5.74, 6) is 1.86. The zero-order valence-corrected chi connectivity index (χ0v) is 24.6. The molecule has 1 heterocycles. The molecule has 10 heteroatoms. The zero-order valence-electron chi connectivity index (χ0n) is 23.8. The van der Waals surface area contributed by atoms with Gasteiger partial charge >= 0.3 is 0 Å². The van der Waals surface area contributed by atoms with Gasteiger partial charge in [-0.05, 0) is 62.6 Å². The maximum absolute atomic E-state index is 14.3. The van der Waals surface area contributed by atoms with Crippen LogP contribution in [0.15, 0.2) is 36.7 Å². The number of rotatable bonds is 9. The van der Waals surface area contributed by atoms with E-state index in [-0.39, 0.29) is 34.7 Å². The highest BCUT2D eigenvalue weighted by Crippen LogP contribution is 2.37. The number of methoxy groups -OCH3 is 1. The molecule has 0 radical (unpaired) electrons. The van der Waals surface area contributed by atoms with Gasteiger partial charge < -0.3 is 25.2 Å². The van der Waals surface area contributed by atoms with Crippen molar-refractivity contribution < 1.29 is 23.8 Å². The second-order valence-corrected chi connectivity index (χ2v) is 10.7. The van der Waals surface area contributed by atoms with Gasteiger partial charge in [-0.15, -0.1) is 0 Å². The molecule has 1 aromatic heterocycles. The third-order valence-electron chi connectivity index (χ3n) is 7.17. The number of benzene rings is 2. The van der Waals surface area contributed by atoms with E-state index in [4.69, 9.17) is 21.1 Å². The van der Waals surface area contributed by atoms with Crippen LogP contribution in [0.3, 0.4) is 0 Å². The topological polar surface area (TPSA) is 106 Å². The summed E-state index contributed by atoms with van der Waals surface area (Å²) in [6.07, 6.45) is 6.85. The predicted molar refractivity (Wildman–Crippen MR) is 157 cm³/mol. The van der Waals surface area contributed by atoms with Gasteiger partial charge in [0, 0.05) is 24.4 Å². The fourth-order valence-electron chi connectivity index (χ4n) is 4.60. The van der Waals surface area contributed by atoms with E-state index in [1.54, 1.807) is 26.3 Å². The molecule has 1 amide bonds. The minimum atomic E-state index is -0.526. The van der Waals surface area contributed by atoms with Gasteiger partial charge in [0.1, 0.15) is 12.1 Å². The van der Waals surface area contributed by atoms with E-state index in [9.17, 15) is 14.3 Å². The third kappa shape index (κ3) is 8.41. The van der Waals surface area contributed by atoms with E-state index in [1.165, 1.54) is 12.4 Å². The summed E-state index contributed by atoms with van der Waals surface area (Å²) in [6.45, 7) is 6.00. The Labute approximate surface area is 240 Å². The molecule has 2 atom stereocenters. The van der Waals surface area contributed by atoms with Crippen molar-refractivity contribution in [3.05, 3.63) is 47.5 Å². The second-order valence-electron chi connectivity index (χ2n) is 10.3. The number of carbonyl (C=O) groups is 1. The van der Waals surface area contributed by atoms with Gasteiger partial charge in [-0.3, -0.25) is 4.79 Å². The molecule has 3 aromatic rings. The van der Waals surface area contributed by atoms with Crippen LogP contribution in [-0.4, -0.2) is 47.3 Å². The standard InChI is InChI=1S/C22H23ClFN3O2.C8H17NO2/c1-13-6-8-14(9-7-13)29-20-10-15-18(11-19(20)28-2)25-12-26-22(15)27-17-5-3-4-16(23)21(17)24;1-4-7(10)5-6(2)8(11)9-3/h3-5,10-14H,6-9H2,1-2H3,(H,25,26,27);6-7,10H,4-5H2,1-3H3,(H,9,11)/t;6-,7+/m.1/s1. The number of hydrogen-bond acceptors (Lipinski definition) is 7. The van der Waals surface area contributed by atoms with Crippen LogP contribution in [0, 0.1) is 17.7 Å². The lowest BCUT2D eigenvalue weighted by Gasteiger charge is -2.27. The summed E-state index contributed by atoms with van der Waals surface area (Å²) in [5, 5.41) is 15.5. The number of aliphatic hydroxyl groups is 1. The van der Waals surface area contributed by atoms with Gasteiger partial charge in [-0.1, -0.05) is 38.4 Å². The Morgan fingerprint density at radius 3 is 2.58 bits per heavy atom. The molecule has 0 spiro atoms. The van der Waals surface area contributed by atoms with Crippen LogP contribution in [-0.2, 0) is 4.79 Å². The molecule has 1 aliphatic rings. The SMILES string of the molecule is CC[C@H](O)C[C@@H](C)C(=O)NC.COc1cc2ncnc(Nc3cccc(Cl)c3F)c2cc1OC1CCC(C)CC1. The van der Waals surface area contributed by atoms with Crippen molar-refractivity contribution in [3.63, 3.8) is 0 Å². The second kappa shape index (κ2) is 15.0. The molecule has 4 rings (SSSR count). The van der Waals surface area contributed by atoms with Gasteiger partial charge in [-0.25, -0.2) is 14.4 Å². The highest BCUT2D eigenvalue weighted by Gasteiger charge is 2.22. The molecule has 218 valence electrons. The first-order valence-corrected chi connectivity index (χ1v) is 14.1. The first-order chi connectivity index (χ1) is 19.2. The Hall–Kier alpha value is -3.17. The van der Waals surface area contributed by atoms with E-state index in [0.29, 0.717) is 41.1 Å². The number of aliphatic hydroxyl groups excluding tert-OH is 1. The smallest absolute Gasteiger partial charge is 0.222 e. The van der Waals surface area contributed by atoms with Crippen LogP contribution in [0.5, 0.6) is 11.5 Å². The van der Waals surface area contributed by atoms with Crippen molar-refractivity contribution in [2.45, 2.75) is 71.5 Å². The Balaban J connectivity index is 0.000000342. The van der Waals surface area contributed by atoms with Crippen LogP contribution < -0.4 is 20.1 Å². The van der Waals surface area contributed by atoms with Crippen LogP contribution >= 0.6 is 11.6 Å². The number of carbonyl (C=O) groups excluding carboxylic acids is 1. The largest absolute Gasteiger partial charge is 0.493 e. The van der Waals surface area contributed by atoms with Gasteiger partial charge in [0.2, 0.25) is 5.91 Å². The van der Waals surface area contributed by atoms with Crippen LogP contribution in [0.4, 0.5) is 15.9 Å². The maximum Gasteiger partial charge on any atom is 0.222 e. The summed E-state index contributed by atoms with van der Waals surface area (Å²) in [4.78, 5) is 19.6. The number of nitrogens with zero attached hydrogens (tertiary/aromatic N) is 2. The molecule has 8 nitrogen and oxygen atoms in total. The Morgan fingerprint density at radius 2 is 1.93 bits per heavy atom. The molecule has 1 saturated carbocycles. The Morgan fingerprint density at radius 1 is 1.20 bits per heavy atom. The summed E-state index contributed by atoms with van der Waals surface area (Å²) in [7, 11) is 3.22. The van der Waals surface area contributed by atoms with E-state index in [1.807, 2.05) is 26.0 Å². The van der Waals surface area contributed by atoms with Crippen LogP contribution in [0.1, 0.15) is 59.3 Å². The third-order valence-corrected chi connectivity index (χ3v) is 7.46. The molecule has 2 aromatic carbocycles. The van der Waals surface area contributed by atoms with E-state index in [0.717, 1.165) is 31.6 Å². The molecule has 1 fully saturated rings. The number of hydrogen-bond donors (Lipinski definition) is 3. The molecule has 0 aliphatic heterocycles. The number of aromatic nitrogens is 2. The number of fused-ring (bicyclic) bond motifs is 1. The van der Waals surface area contributed by atoms with Gasteiger partial charge in [0.15, 0.2) is 17.3 Å². The van der Waals surface area contributed by atoms with Gasteiger partial charge in [0.25, 0.3) is 0 Å². The van der Waals surface area contributed by atoms with E-state index >= 15 is 0 Å². The summed E-state index contributed by atoms with van der Waals surface area (Å²) >= 11 is 5.90. The van der Waals surface area contributed by atoms with Crippen molar-refractivity contribution in [2.24, 2.45) is 11.8 Å². The lowest BCUT2D eigenvalue weighted by atomic mass is 9.89. The van der Waals surface area contributed by atoms with Crippen molar-refractivity contribution in [1.82, 2.24) is 15.3 Å². The molecular weight excluding hydrogens is 535 g/mol. The summed E-state index contributed by atoms with van der Waals surface area (Å²) in [5.41, 5.74) is 0.920. The number of amides is 1. The first kappa shape index (κ1) is 31.4. The van der Waals surface area contributed by atoms with E-state index in [2.05, 4.69) is 27.5 Å². The lowest BCUT2D eigenvalue weighted by molar-refractivity contribution is -0.124. The summed E-state index contributed by atoms with van der Waals surface area (Å²) in [6, 6.07) is 8.47. The fraction of sp³-hybridized carbons (Fsp3) is 0.500. The molecule has 40 heavy (non-hydrogen) atoms. The van der Waals surface area contributed by atoms with Crippen LogP contribution in [0.25, 0.3) is 10.9 Å². The minimum absolute atomic E-state index is 0.00231. The van der Waals surface area contributed by atoms with Crippen molar-refractivity contribution in [2.75, 3.05) is 19.5 Å². The van der Waals surface area contributed by atoms with Gasteiger partial charge in [-0.2, -0.15) is 0 Å². The molecule has 3 N–H and O–H groups in total. The first-order valence-electron chi connectivity index (χ1n) is 13.8. The summed E-state index contributed by atoms with van der Waals surface area (Å²) < 4.78 is 26.1. The molecule has 0 saturated heterocycles. The highest BCUT2D eigenvalue weighted by molar-refractivity contribution is 6.31. The van der Waals surface area contributed by atoms with Crippen molar-refractivity contribution in [3.8, 4) is 11.5 Å². The van der Waals surface area contributed by atoms with E-state index < -0.39 is 5.82 Å². The maximum atomic E-state index is 14.3. The van der Waals surface area contributed by atoms with Crippen molar-refractivity contribution >= 4 is 39.9 Å².